The Kier molecular flexibility index (Phi) is 6.40. The highest BCUT2D eigenvalue weighted by Gasteiger charge is 2.18. The normalized spacial score (nSPS) is 19.6. The van der Waals surface area contributed by atoms with E-state index in [1.54, 1.807) is 0 Å². The summed E-state index contributed by atoms with van der Waals surface area (Å²) in [5.74, 6) is 0.751. The molecule has 1 aromatic heterocycles. The van der Waals surface area contributed by atoms with Crippen LogP contribution < -0.4 is 5.32 Å². The highest BCUT2D eigenvalue weighted by molar-refractivity contribution is 7.14. The van der Waals surface area contributed by atoms with Gasteiger partial charge in [-0.15, -0.1) is 11.3 Å². The smallest absolute Gasteiger partial charge is 0.240 e. The summed E-state index contributed by atoms with van der Waals surface area (Å²) in [6.07, 6.45) is 6.74. The van der Waals surface area contributed by atoms with Crippen LogP contribution in [0.4, 0.5) is 5.13 Å². The quantitative estimate of drug-likeness (QED) is 0.826. The number of aromatic nitrogens is 1. The highest BCUT2D eigenvalue weighted by atomic mass is 32.1. The van der Waals surface area contributed by atoms with Gasteiger partial charge < -0.3 is 10.2 Å². The van der Waals surface area contributed by atoms with Gasteiger partial charge in [0.05, 0.1) is 12.2 Å². The lowest BCUT2D eigenvalue weighted by Crippen LogP contribution is -2.47. The van der Waals surface area contributed by atoms with Crippen LogP contribution in [0.1, 0.15) is 43.6 Å². The molecule has 4 rings (SSSR count). The minimum absolute atomic E-state index is 0.0260. The summed E-state index contributed by atoms with van der Waals surface area (Å²) < 4.78 is 0. The molecule has 0 atom stereocenters. The second kappa shape index (κ2) is 9.16. The first-order valence-electron chi connectivity index (χ1n) is 10.4. The van der Waals surface area contributed by atoms with Gasteiger partial charge in [-0.2, -0.15) is 0 Å². The number of hydrogen-bond acceptors (Lipinski definition) is 5. The van der Waals surface area contributed by atoms with Crippen molar-refractivity contribution in [3.8, 4) is 11.3 Å². The average molecular weight is 399 g/mol. The van der Waals surface area contributed by atoms with Gasteiger partial charge in [0.2, 0.25) is 5.91 Å². The summed E-state index contributed by atoms with van der Waals surface area (Å²) in [7, 11) is 2.12. The van der Waals surface area contributed by atoms with E-state index < -0.39 is 0 Å². The van der Waals surface area contributed by atoms with Crippen LogP contribution in [0.25, 0.3) is 11.3 Å². The van der Waals surface area contributed by atoms with Gasteiger partial charge in [0.1, 0.15) is 0 Å². The summed E-state index contributed by atoms with van der Waals surface area (Å²) >= 11 is 1.50. The summed E-state index contributed by atoms with van der Waals surface area (Å²) in [4.78, 5) is 21.5. The molecule has 1 aliphatic heterocycles. The first kappa shape index (κ1) is 19.6. The van der Waals surface area contributed by atoms with Gasteiger partial charge in [0, 0.05) is 37.1 Å². The predicted octanol–water partition coefficient (Wildman–Crippen LogP) is 4.04. The zero-order valence-electron chi connectivity index (χ0n) is 16.7. The third-order valence-electron chi connectivity index (χ3n) is 6.00. The van der Waals surface area contributed by atoms with E-state index in [1.807, 2.05) is 5.38 Å². The van der Waals surface area contributed by atoms with Crippen molar-refractivity contribution < 1.29 is 4.79 Å². The monoisotopic (exact) mass is 398 g/mol. The Morgan fingerprint density at radius 2 is 1.82 bits per heavy atom. The molecule has 2 aliphatic rings. The van der Waals surface area contributed by atoms with Crippen molar-refractivity contribution in [2.24, 2.45) is 0 Å². The van der Waals surface area contributed by atoms with Gasteiger partial charge in [0.25, 0.3) is 0 Å². The number of benzene rings is 1. The highest BCUT2D eigenvalue weighted by Crippen LogP contribution is 2.34. The van der Waals surface area contributed by atoms with Crippen molar-refractivity contribution in [1.82, 2.24) is 14.8 Å². The van der Waals surface area contributed by atoms with Crippen molar-refractivity contribution in [2.75, 3.05) is 45.1 Å². The molecule has 0 unspecified atom stereocenters. The van der Waals surface area contributed by atoms with Crippen LogP contribution in [0.15, 0.2) is 29.6 Å². The van der Waals surface area contributed by atoms with Crippen LogP contribution in [-0.4, -0.2) is 60.5 Å². The Morgan fingerprint density at radius 1 is 1.11 bits per heavy atom. The van der Waals surface area contributed by atoms with Gasteiger partial charge in [0.15, 0.2) is 5.13 Å². The summed E-state index contributed by atoms with van der Waals surface area (Å²) in [5, 5.41) is 5.68. The lowest BCUT2D eigenvalue weighted by Gasteiger charge is -2.31. The summed E-state index contributed by atoms with van der Waals surface area (Å²) in [6, 6.07) is 8.87. The maximum atomic E-state index is 12.3. The van der Waals surface area contributed by atoms with Crippen molar-refractivity contribution in [2.45, 2.75) is 38.0 Å². The SMILES string of the molecule is CN1CCN(CC(=O)Nc2nc(-c3ccc(C4CCCCC4)cc3)cs2)CC1. The van der Waals surface area contributed by atoms with Gasteiger partial charge >= 0.3 is 0 Å². The molecule has 2 heterocycles. The van der Waals surface area contributed by atoms with E-state index in [2.05, 4.69) is 51.4 Å². The molecule has 0 spiro atoms. The molecule has 1 aliphatic carbocycles. The molecule has 1 aromatic carbocycles. The van der Waals surface area contributed by atoms with Crippen molar-refractivity contribution >= 4 is 22.4 Å². The van der Waals surface area contributed by atoms with E-state index in [0.29, 0.717) is 11.7 Å². The molecule has 6 heteroatoms. The zero-order chi connectivity index (χ0) is 19.3. The fourth-order valence-electron chi connectivity index (χ4n) is 4.19. The number of likely N-dealkylation sites (N-methyl/N-ethyl adjacent to an activating group) is 1. The van der Waals surface area contributed by atoms with Crippen LogP contribution in [0.5, 0.6) is 0 Å². The second-order valence-electron chi connectivity index (χ2n) is 8.12. The standard InChI is InChI=1S/C22H30N4OS/c1-25-11-13-26(14-12-25)15-21(27)24-22-23-20(16-28-22)19-9-7-18(8-10-19)17-5-3-2-4-6-17/h7-10,16-17H,2-6,11-15H2,1H3,(H,23,24,27). The molecule has 1 N–H and O–H groups in total. The third-order valence-corrected chi connectivity index (χ3v) is 6.75. The largest absolute Gasteiger partial charge is 0.304 e. The first-order valence-corrected chi connectivity index (χ1v) is 11.3. The molecule has 0 bridgehead atoms. The number of carbonyl (C=O) groups excluding carboxylic acids is 1. The Balaban J connectivity index is 1.32. The molecule has 5 nitrogen and oxygen atoms in total. The lowest BCUT2D eigenvalue weighted by molar-refractivity contribution is -0.117. The van der Waals surface area contributed by atoms with Crippen molar-refractivity contribution in [3.05, 3.63) is 35.2 Å². The summed E-state index contributed by atoms with van der Waals surface area (Å²) in [6.45, 7) is 4.37. The number of piperazine rings is 1. The number of thiazole rings is 1. The van der Waals surface area contributed by atoms with E-state index >= 15 is 0 Å². The molecular formula is C22H30N4OS. The second-order valence-corrected chi connectivity index (χ2v) is 8.98. The van der Waals surface area contributed by atoms with Crippen LogP contribution in [0.2, 0.25) is 0 Å². The number of rotatable bonds is 5. The molecule has 150 valence electrons. The van der Waals surface area contributed by atoms with Gasteiger partial charge in [-0.05, 0) is 31.4 Å². The van der Waals surface area contributed by atoms with E-state index in [0.717, 1.165) is 43.4 Å². The topological polar surface area (TPSA) is 48.5 Å². The maximum absolute atomic E-state index is 12.3. The zero-order valence-corrected chi connectivity index (χ0v) is 17.5. The number of carbonyl (C=O) groups is 1. The van der Waals surface area contributed by atoms with E-state index in [-0.39, 0.29) is 5.91 Å². The van der Waals surface area contributed by atoms with Gasteiger partial charge in [-0.1, -0.05) is 43.5 Å². The van der Waals surface area contributed by atoms with Crippen LogP contribution in [0.3, 0.4) is 0 Å². The Hall–Kier alpha value is -1.76. The third kappa shape index (κ3) is 4.99. The van der Waals surface area contributed by atoms with Crippen LogP contribution in [-0.2, 0) is 4.79 Å². The number of anilines is 1. The van der Waals surface area contributed by atoms with Crippen LogP contribution >= 0.6 is 11.3 Å². The van der Waals surface area contributed by atoms with E-state index in [4.69, 9.17) is 0 Å². The van der Waals surface area contributed by atoms with Crippen molar-refractivity contribution in [3.63, 3.8) is 0 Å². The Labute approximate surface area is 171 Å². The van der Waals surface area contributed by atoms with E-state index in [1.165, 1.54) is 49.0 Å². The molecule has 2 aromatic rings. The molecule has 28 heavy (non-hydrogen) atoms. The fourth-order valence-corrected chi connectivity index (χ4v) is 4.93. The predicted molar refractivity (Wildman–Crippen MR) is 116 cm³/mol. The fraction of sp³-hybridized carbons (Fsp3) is 0.545. The van der Waals surface area contributed by atoms with Gasteiger partial charge in [-0.25, -0.2) is 4.98 Å². The minimum atomic E-state index is 0.0260. The number of nitrogens with one attached hydrogen (secondary N) is 1. The lowest BCUT2D eigenvalue weighted by atomic mass is 9.84. The number of nitrogens with zero attached hydrogens (tertiary/aromatic N) is 3. The first-order chi connectivity index (χ1) is 13.7. The van der Waals surface area contributed by atoms with Gasteiger partial charge in [-0.3, -0.25) is 9.69 Å². The number of amides is 1. The Bertz CT molecular complexity index is 774. The molecule has 1 saturated heterocycles. The van der Waals surface area contributed by atoms with Crippen molar-refractivity contribution in [1.29, 1.82) is 0 Å². The van der Waals surface area contributed by atoms with E-state index in [9.17, 15) is 4.79 Å². The number of hydrogen-bond donors (Lipinski definition) is 1. The molecular weight excluding hydrogens is 368 g/mol. The average Bonchev–Trinajstić information content (AvgIpc) is 3.19. The minimum Gasteiger partial charge on any atom is -0.304 e. The summed E-state index contributed by atoms with van der Waals surface area (Å²) in [5.41, 5.74) is 3.52. The molecule has 1 saturated carbocycles. The molecule has 0 radical (unpaired) electrons. The molecule has 2 fully saturated rings. The Morgan fingerprint density at radius 3 is 2.54 bits per heavy atom. The molecule has 1 amide bonds. The van der Waals surface area contributed by atoms with Crippen LogP contribution in [0, 0.1) is 0 Å². The maximum Gasteiger partial charge on any atom is 0.240 e.